The van der Waals surface area contributed by atoms with Crippen LogP contribution in [0, 0.1) is 6.92 Å². The van der Waals surface area contributed by atoms with Crippen LogP contribution in [-0.4, -0.2) is 43.5 Å². The van der Waals surface area contributed by atoms with E-state index in [-0.39, 0.29) is 25.3 Å². The van der Waals surface area contributed by atoms with Gasteiger partial charge < -0.3 is 25.4 Å². The van der Waals surface area contributed by atoms with E-state index in [1.165, 1.54) is 0 Å². The summed E-state index contributed by atoms with van der Waals surface area (Å²) in [6, 6.07) is 32.3. The van der Waals surface area contributed by atoms with E-state index in [0.717, 1.165) is 28.0 Å². The normalized spacial score (nSPS) is 11.1. The van der Waals surface area contributed by atoms with Gasteiger partial charge in [-0.1, -0.05) is 74.2 Å². The van der Waals surface area contributed by atoms with Crippen LogP contribution in [0.1, 0.15) is 58.9 Å². The molecule has 43 heavy (non-hydrogen) atoms. The van der Waals surface area contributed by atoms with Gasteiger partial charge in [-0.05, 0) is 72.0 Å². The first-order chi connectivity index (χ1) is 20.5. The fourth-order valence-electron chi connectivity index (χ4n) is 4.82. The average Bonchev–Trinajstić information content (AvgIpc) is 3.03. The molecule has 4 aromatic carbocycles. The summed E-state index contributed by atoms with van der Waals surface area (Å²) < 4.78 is 11.3. The summed E-state index contributed by atoms with van der Waals surface area (Å²) in [7, 11) is 1.64. The quantitative estimate of drug-likeness (QED) is 0.170. The molecular weight excluding hydrogens is 538 g/mol. The van der Waals surface area contributed by atoms with Gasteiger partial charge in [-0.3, -0.25) is 9.59 Å². The van der Waals surface area contributed by atoms with Crippen LogP contribution < -0.4 is 20.5 Å². The van der Waals surface area contributed by atoms with Crippen molar-refractivity contribution < 1.29 is 19.1 Å². The molecule has 0 aromatic heterocycles. The Morgan fingerprint density at radius 1 is 0.884 bits per heavy atom. The summed E-state index contributed by atoms with van der Waals surface area (Å²) in [4.78, 5) is 27.8. The third-order valence-corrected chi connectivity index (χ3v) is 7.08. The van der Waals surface area contributed by atoms with Gasteiger partial charge in [0.05, 0.1) is 19.8 Å². The smallest absolute Gasteiger partial charge is 0.252 e. The number of aryl methyl sites for hydroxylation is 1. The van der Waals surface area contributed by atoms with E-state index in [0.29, 0.717) is 50.4 Å². The highest BCUT2D eigenvalue weighted by Gasteiger charge is 2.20. The largest absolute Gasteiger partial charge is 0.497 e. The number of carbonyl (C=O) groups is 2. The second-order valence-electron chi connectivity index (χ2n) is 10.1. The molecule has 4 aromatic rings. The lowest BCUT2D eigenvalue weighted by Gasteiger charge is -2.23. The maximum Gasteiger partial charge on any atom is 0.252 e. The van der Waals surface area contributed by atoms with E-state index in [2.05, 4.69) is 5.32 Å². The Hall–Kier alpha value is -4.62. The highest BCUT2D eigenvalue weighted by atomic mass is 16.5. The second-order valence-corrected chi connectivity index (χ2v) is 10.1. The molecule has 1 atom stereocenters. The summed E-state index contributed by atoms with van der Waals surface area (Å²) in [5.41, 5.74) is 10.3. The van der Waals surface area contributed by atoms with Crippen molar-refractivity contribution in [1.82, 2.24) is 10.2 Å². The number of carbonyl (C=O) groups excluding carboxylic acids is 2. The number of hydrogen-bond acceptors (Lipinski definition) is 5. The summed E-state index contributed by atoms with van der Waals surface area (Å²) in [6.07, 6.45) is 0.979. The first kappa shape index (κ1) is 32.9. The van der Waals surface area contributed by atoms with E-state index in [1.54, 1.807) is 24.1 Å². The Morgan fingerprint density at radius 2 is 1.53 bits per heavy atom. The molecule has 4 rings (SSSR count). The van der Waals surface area contributed by atoms with Gasteiger partial charge in [0.2, 0.25) is 5.91 Å². The lowest BCUT2D eigenvalue weighted by molar-refractivity contribution is -0.132. The molecule has 3 N–H and O–H groups in total. The third kappa shape index (κ3) is 9.45. The molecule has 0 aliphatic rings. The minimum atomic E-state index is -0.367. The maximum atomic E-state index is 13.1. The predicted octanol–water partition coefficient (Wildman–Crippen LogP) is 6.31. The van der Waals surface area contributed by atoms with Crippen LogP contribution >= 0.6 is 0 Å². The van der Waals surface area contributed by atoms with Gasteiger partial charge in [0.25, 0.3) is 5.91 Å². The molecule has 226 valence electrons. The minimum absolute atomic E-state index is 0. The van der Waals surface area contributed by atoms with Crippen molar-refractivity contribution in [1.29, 1.82) is 0 Å². The zero-order valence-corrected chi connectivity index (χ0v) is 24.3. The molecule has 0 aliphatic heterocycles. The Bertz CT molecular complexity index is 1430. The molecule has 0 aliphatic carbocycles. The Morgan fingerprint density at radius 3 is 2.16 bits per heavy atom. The van der Waals surface area contributed by atoms with Crippen molar-refractivity contribution in [2.45, 2.75) is 39.8 Å². The highest BCUT2D eigenvalue weighted by Crippen LogP contribution is 2.29. The molecule has 0 fully saturated rings. The molecule has 7 heteroatoms. The topological polar surface area (TPSA) is 93.9 Å². The molecule has 0 saturated carbocycles. The van der Waals surface area contributed by atoms with Crippen LogP contribution in [-0.2, 0) is 11.3 Å². The Kier molecular flexibility index (Phi) is 12.8. The van der Waals surface area contributed by atoms with Crippen LogP contribution in [0.3, 0.4) is 0 Å². The maximum absolute atomic E-state index is 13.1. The highest BCUT2D eigenvalue weighted by molar-refractivity contribution is 5.94. The van der Waals surface area contributed by atoms with Gasteiger partial charge in [0, 0.05) is 31.6 Å². The first-order valence-electron chi connectivity index (χ1n) is 14.2. The van der Waals surface area contributed by atoms with E-state index < -0.39 is 0 Å². The lowest BCUT2D eigenvalue weighted by atomic mass is 9.94. The predicted molar refractivity (Wildman–Crippen MR) is 172 cm³/mol. The Balaban J connectivity index is 0.00000506. The average molecular weight is 582 g/mol. The van der Waals surface area contributed by atoms with Crippen molar-refractivity contribution in [3.63, 3.8) is 0 Å². The first-order valence-corrected chi connectivity index (χ1v) is 14.2. The van der Waals surface area contributed by atoms with E-state index in [9.17, 15) is 9.59 Å². The zero-order chi connectivity index (χ0) is 29.7. The summed E-state index contributed by atoms with van der Waals surface area (Å²) in [5.74, 6) is 1.37. The van der Waals surface area contributed by atoms with Crippen LogP contribution in [0.5, 0.6) is 11.5 Å². The van der Waals surface area contributed by atoms with Gasteiger partial charge in [-0.15, -0.1) is 0 Å². The molecule has 0 spiro atoms. The monoisotopic (exact) mass is 581 g/mol. The van der Waals surface area contributed by atoms with Crippen LogP contribution in [0.25, 0.3) is 0 Å². The van der Waals surface area contributed by atoms with Crippen molar-refractivity contribution in [3.05, 3.63) is 131 Å². The number of hydrogen-bond donors (Lipinski definition) is 2. The lowest BCUT2D eigenvalue weighted by Crippen LogP contribution is -2.34. The number of nitrogens with zero attached hydrogens (tertiary/aromatic N) is 1. The number of ether oxygens (including phenoxy) is 2. The van der Waals surface area contributed by atoms with E-state index in [4.69, 9.17) is 15.2 Å². The standard InChI is InChI=1S/C35H39N3O4.CH4/c1-26-24-31(41-2)19-20-32(26)34(37-35(40)29-12-7-4-8-13-29)28-15-17-30(18-16-28)42-23-9-14-33(39)38(22-21-36)25-27-10-5-3-6-11-27;/h3-8,10-13,15-20,24,34H,9,14,21-23,25,36H2,1-2H3,(H,37,40);1H4. The van der Waals surface area contributed by atoms with Gasteiger partial charge in [0.15, 0.2) is 0 Å². The number of methoxy groups -OCH3 is 1. The number of nitrogens with two attached hydrogens (primary N) is 1. The van der Waals surface area contributed by atoms with Gasteiger partial charge in [0.1, 0.15) is 11.5 Å². The second kappa shape index (κ2) is 16.7. The number of nitrogens with one attached hydrogen (secondary N) is 1. The van der Waals surface area contributed by atoms with Crippen LogP contribution in [0.2, 0.25) is 0 Å². The van der Waals surface area contributed by atoms with Crippen molar-refractivity contribution in [3.8, 4) is 11.5 Å². The molecule has 0 heterocycles. The molecule has 7 nitrogen and oxygen atoms in total. The third-order valence-electron chi connectivity index (χ3n) is 7.08. The molecule has 0 saturated heterocycles. The van der Waals surface area contributed by atoms with Crippen molar-refractivity contribution in [2.75, 3.05) is 26.8 Å². The van der Waals surface area contributed by atoms with Crippen molar-refractivity contribution >= 4 is 11.8 Å². The van der Waals surface area contributed by atoms with Gasteiger partial charge in [-0.2, -0.15) is 0 Å². The molecular formula is C36H43N3O4. The van der Waals surface area contributed by atoms with E-state index >= 15 is 0 Å². The molecule has 0 radical (unpaired) electrons. The Labute approximate surface area is 255 Å². The SMILES string of the molecule is C.COc1ccc(C(NC(=O)c2ccccc2)c2ccc(OCCCC(=O)N(CCN)Cc3ccccc3)cc2)c(C)c1. The van der Waals surface area contributed by atoms with E-state index in [1.807, 2.05) is 97.9 Å². The van der Waals surface area contributed by atoms with Gasteiger partial charge >= 0.3 is 0 Å². The number of rotatable bonds is 14. The summed E-state index contributed by atoms with van der Waals surface area (Å²) in [6.45, 7) is 3.91. The number of benzene rings is 4. The zero-order valence-electron chi connectivity index (χ0n) is 24.3. The summed E-state index contributed by atoms with van der Waals surface area (Å²) >= 11 is 0. The molecule has 0 bridgehead atoms. The van der Waals surface area contributed by atoms with Crippen LogP contribution in [0.4, 0.5) is 0 Å². The minimum Gasteiger partial charge on any atom is -0.497 e. The summed E-state index contributed by atoms with van der Waals surface area (Å²) in [5, 5.41) is 3.19. The van der Waals surface area contributed by atoms with Crippen LogP contribution in [0.15, 0.2) is 103 Å². The molecule has 2 amide bonds. The van der Waals surface area contributed by atoms with Gasteiger partial charge in [-0.25, -0.2) is 0 Å². The molecule has 1 unspecified atom stereocenters. The fraction of sp³-hybridized carbons (Fsp3) is 0.278. The van der Waals surface area contributed by atoms with Crippen molar-refractivity contribution in [2.24, 2.45) is 5.73 Å². The fourth-order valence-corrected chi connectivity index (χ4v) is 4.82. The number of amides is 2.